The molecular formula is C25H18Cl2FN3O3S. The lowest BCUT2D eigenvalue weighted by atomic mass is 9.78. The molecule has 6 nitrogen and oxygen atoms in total. The van der Waals surface area contributed by atoms with Crippen LogP contribution in [0.25, 0.3) is 26.3 Å². The van der Waals surface area contributed by atoms with Gasteiger partial charge in [-0.1, -0.05) is 34.4 Å². The molecule has 6 rings (SSSR count). The highest BCUT2D eigenvalue weighted by Gasteiger charge is 2.47. The maximum absolute atomic E-state index is 14.3. The van der Waals surface area contributed by atoms with Gasteiger partial charge in [-0.05, 0) is 37.1 Å². The Labute approximate surface area is 214 Å². The first kappa shape index (κ1) is 22.9. The van der Waals surface area contributed by atoms with Gasteiger partial charge in [0.05, 0.1) is 29.3 Å². The Morgan fingerprint density at radius 2 is 2.00 bits per heavy atom. The molecule has 2 aliphatic rings. The molecule has 1 N–H and O–H groups in total. The van der Waals surface area contributed by atoms with E-state index in [1.165, 1.54) is 11.3 Å². The molecule has 0 spiro atoms. The van der Waals surface area contributed by atoms with Crippen molar-refractivity contribution in [3.05, 3.63) is 73.9 Å². The Morgan fingerprint density at radius 1 is 1.26 bits per heavy atom. The fraction of sp³-hybridized carbons (Fsp3) is 0.320. The van der Waals surface area contributed by atoms with Gasteiger partial charge in [0.15, 0.2) is 5.69 Å². The summed E-state index contributed by atoms with van der Waals surface area (Å²) < 4.78 is 26.7. The molecule has 0 aliphatic heterocycles. The molecule has 10 heteroatoms. The van der Waals surface area contributed by atoms with Crippen LogP contribution in [0.1, 0.15) is 47.9 Å². The highest BCUT2D eigenvalue weighted by molar-refractivity contribution is 7.18. The van der Waals surface area contributed by atoms with E-state index in [1.54, 1.807) is 24.3 Å². The largest absolute Gasteiger partial charge is 0.382 e. The maximum Gasteiger partial charge on any atom is 0.191 e. The van der Waals surface area contributed by atoms with Crippen molar-refractivity contribution < 1.29 is 18.8 Å². The number of fused-ring (bicyclic) bond motifs is 1. The summed E-state index contributed by atoms with van der Waals surface area (Å²) >= 11 is 14.0. The Kier molecular flexibility index (Phi) is 5.59. The summed E-state index contributed by atoms with van der Waals surface area (Å²) in [6, 6.07) is 8.04. The summed E-state index contributed by atoms with van der Waals surface area (Å²) in [6.45, 7) is 7.36. The van der Waals surface area contributed by atoms with Gasteiger partial charge in [0, 0.05) is 34.6 Å². The molecule has 35 heavy (non-hydrogen) atoms. The first-order chi connectivity index (χ1) is 16.9. The molecule has 2 saturated carbocycles. The lowest BCUT2D eigenvalue weighted by Gasteiger charge is -2.41. The molecular weight excluding hydrogens is 512 g/mol. The zero-order chi connectivity index (χ0) is 24.3. The van der Waals surface area contributed by atoms with Gasteiger partial charge in [-0.2, -0.15) is 0 Å². The number of nitrogens with zero attached hydrogens (tertiary/aromatic N) is 3. The average molecular weight is 530 g/mol. The van der Waals surface area contributed by atoms with Crippen molar-refractivity contribution in [3.8, 4) is 11.3 Å². The monoisotopic (exact) mass is 529 g/mol. The van der Waals surface area contributed by atoms with Crippen molar-refractivity contribution in [2.75, 3.05) is 0 Å². The Bertz CT molecular complexity index is 1480. The van der Waals surface area contributed by atoms with E-state index in [1.807, 2.05) is 0 Å². The van der Waals surface area contributed by atoms with Crippen molar-refractivity contribution in [1.29, 1.82) is 0 Å². The first-order valence-corrected chi connectivity index (χ1v) is 12.7. The average Bonchev–Trinajstić information content (AvgIpc) is 3.42. The number of aliphatic hydroxyl groups is 1. The molecule has 0 amide bonds. The molecule has 2 fully saturated rings. The number of thiazole rings is 1. The van der Waals surface area contributed by atoms with Gasteiger partial charge < -0.3 is 14.4 Å². The van der Waals surface area contributed by atoms with Crippen LogP contribution in [0.2, 0.25) is 10.0 Å². The number of rotatable bonds is 6. The smallest absolute Gasteiger partial charge is 0.191 e. The van der Waals surface area contributed by atoms with Crippen molar-refractivity contribution in [1.82, 2.24) is 10.1 Å². The van der Waals surface area contributed by atoms with Crippen molar-refractivity contribution in [3.63, 3.8) is 0 Å². The minimum Gasteiger partial charge on any atom is -0.382 e. The highest BCUT2D eigenvalue weighted by Crippen LogP contribution is 2.49. The number of hydrogen-bond acceptors (Lipinski definition) is 6. The Hall–Kier alpha value is -2.54. The molecule has 2 heterocycles. The third-order valence-corrected chi connectivity index (χ3v) is 8.35. The van der Waals surface area contributed by atoms with Gasteiger partial charge in [-0.15, -0.1) is 11.3 Å². The molecule has 0 saturated heterocycles. The second kappa shape index (κ2) is 8.54. The number of hydrogen-bond donors (Lipinski definition) is 1. The molecule has 2 aromatic carbocycles. The third kappa shape index (κ3) is 4.02. The van der Waals surface area contributed by atoms with E-state index >= 15 is 0 Å². The van der Waals surface area contributed by atoms with Gasteiger partial charge in [0.1, 0.15) is 33.4 Å². The van der Waals surface area contributed by atoms with Crippen molar-refractivity contribution >= 4 is 50.4 Å². The summed E-state index contributed by atoms with van der Waals surface area (Å²) in [5, 5.41) is 16.8. The number of ether oxygens (including phenoxy) is 1. The van der Waals surface area contributed by atoms with Crippen molar-refractivity contribution in [2.45, 2.75) is 49.9 Å². The molecule has 0 bridgehead atoms. The second-order valence-corrected chi connectivity index (χ2v) is 10.9. The fourth-order valence-electron chi connectivity index (χ4n) is 4.47. The quantitative estimate of drug-likeness (QED) is 0.263. The molecule has 0 atom stereocenters. The van der Waals surface area contributed by atoms with E-state index in [4.69, 9.17) is 39.0 Å². The molecule has 0 unspecified atom stereocenters. The highest BCUT2D eigenvalue weighted by atomic mass is 35.5. The summed E-state index contributed by atoms with van der Waals surface area (Å²) in [5.41, 5.74) is 1.21. The van der Waals surface area contributed by atoms with Gasteiger partial charge in [0.2, 0.25) is 0 Å². The second-order valence-electron chi connectivity index (χ2n) is 9.02. The van der Waals surface area contributed by atoms with E-state index in [-0.39, 0.29) is 23.9 Å². The normalized spacial score (nSPS) is 21.7. The van der Waals surface area contributed by atoms with Crippen LogP contribution in [-0.4, -0.2) is 21.4 Å². The van der Waals surface area contributed by atoms with Crippen LogP contribution in [0.4, 0.5) is 10.1 Å². The summed E-state index contributed by atoms with van der Waals surface area (Å²) in [6.07, 6.45) is 2.51. The van der Waals surface area contributed by atoms with Crippen molar-refractivity contribution in [2.24, 2.45) is 0 Å². The van der Waals surface area contributed by atoms with Crippen LogP contribution in [0.3, 0.4) is 0 Å². The third-order valence-electron chi connectivity index (χ3n) is 6.52. The topological polar surface area (TPSA) is 72.7 Å². The lowest BCUT2D eigenvalue weighted by molar-refractivity contribution is -0.149. The van der Waals surface area contributed by atoms with Gasteiger partial charge in [-0.25, -0.2) is 14.2 Å². The Balaban J connectivity index is 1.21. The lowest BCUT2D eigenvalue weighted by Crippen LogP contribution is -2.45. The van der Waals surface area contributed by atoms with E-state index < -0.39 is 11.4 Å². The molecule has 2 aliphatic carbocycles. The van der Waals surface area contributed by atoms with E-state index in [0.717, 1.165) is 30.2 Å². The van der Waals surface area contributed by atoms with E-state index in [2.05, 4.69) is 15.0 Å². The molecule has 4 aromatic rings. The summed E-state index contributed by atoms with van der Waals surface area (Å²) in [5.74, 6) is 0.549. The minimum absolute atomic E-state index is 0.176. The molecule has 178 valence electrons. The zero-order valence-electron chi connectivity index (χ0n) is 18.2. The van der Waals surface area contributed by atoms with Crippen LogP contribution >= 0.6 is 34.5 Å². The van der Waals surface area contributed by atoms with E-state index in [0.29, 0.717) is 49.8 Å². The van der Waals surface area contributed by atoms with Gasteiger partial charge >= 0.3 is 0 Å². The first-order valence-electron chi connectivity index (χ1n) is 11.1. The van der Waals surface area contributed by atoms with Crippen LogP contribution in [0.5, 0.6) is 0 Å². The van der Waals surface area contributed by atoms with Crippen LogP contribution in [0.15, 0.2) is 34.9 Å². The predicted molar refractivity (Wildman–Crippen MR) is 131 cm³/mol. The Morgan fingerprint density at radius 3 is 2.69 bits per heavy atom. The summed E-state index contributed by atoms with van der Waals surface area (Å²) in [4.78, 5) is 7.61. The van der Waals surface area contributed by atoms with Crippen LogP contribution < -0.4 is 0 Å². The zero-order valence-corrected chi connectivity index (χ0v) is 20.6. The van der Waals surface area contributed by atoms with Gasteiger partial charge in [-0.3, -0.25) is 0 Å². The van der Waals surface area contributed by atoms with Crippen LogP contribution in [-0.2, 0) is 16.9 Å². The SMILES string of the molecule is [C-]#[N+]c1cc(F)c2nc(C3(O)CC(OCc4c(-c5c(Cl)cccc5Cl)noc4C4CC4)C3)sc2c1. The minimum atomic E-state index is -1.19. The standard InChI is InChI=1S/C25H18Cl2FN3O3S/c1-29-13-7-18(28)22-19(8-13)35-24(30-22)25(32)9-14(10-25)33-11-15-21(31-34-23(15)12-5-6-12)20-16(26)3-2-4-17(20)27/h2-4,7-8,12,14,32H,5-6,9-11H2. The fourth-order valence-corrected chi connectivity index (χ4v) is 6.17. The number of benzene rings is 2. The number of halogens is 3. The van der Waals surface area contributed by atoms with Crippen LogP contribution in [0, 0.1) is 12.4 Å². The van der Waals surface area contributed by atoms with Gasteiger partial charge in [0.25, 0.3) is 0 Å². The maximum atomic E-state index is 14.3. The molecule has 0 radical (unpaired) electrons. The molecule has 2 aromatic heterocycles. The van der Waals surface area contributed by atoms with E-state index in [9.17, 15) is 9.50 Å². The predicted octanol–water partition coefficient (Wildman–Crippen LogP) is 7.39. The summed E-state index contributed by atoms with van der Waals surface area (Å²) in [7, 11) is 0. The number of aromatic nitrogens is 2.